The minimum absolute atomic E-state index is 0.0714. The first kappa shape index (κ1) is 16.5. The van der Waals surface area contributed by atoms with Gasteiger partial charge in [-0.15, -0.1) is 0 Å². The van der Waals surface area contributed by atoms with Crippen LogP contribution in [0.1, 0.15) is 48.9 Å². The van der Waals surface area contributed by atoms with Gasteiger partial charge in [-0.25, -0.2) is 4.98 Å². The summed E-state index contributed by atoms with van der Waals surface area (Å²) in [5.74, 6) is 3.60. The van der Waals surface area contributed by atoms with E-state index in [1.165, 1.54) is 38.5 Å². The highest BCUT2D eigenvalue weighted by molar-refractivity contribution is 5.94. The average Bonchev–Trinajstić information content (AvgIpc) is 2.61. The summed E-state index contributed by atoms with van der Waals surface area (Å²) >= 11 is 0. The van der Waals surface area contributed by atoms with Crippen molar-refractivity contribution in [2.45, 2.75) is 44.1 Å². The summed E-state index contributed by atoms with van der Waals surface area (Å²) in [6.07, 6.45) is 9.54. The number of piperazine rings is 1. The molecule has 4 saturated carbocycles. The number of anilines is 1. The number of amides is 1. The third-order valence-electron chi connectivity index (χ3n) is 7.25. The second kappa shape index (κ2) is 6.22. The smallest absolute Gasteiger partial charge is 0.253 e. The van der Waals surface area contributed by atoms with E-state index in [2.05, 4.69) is 27.1 Å². The standard InChI is InChI=1S/C21H30N4O/c1-24-4-6-25(7-5-24)19-3-2-18(14-22-19)20(26)23-21-11-15-8-16(12-21)10-17(9-15)13-21/h2-3,14-17H,4-13H2,1H3,(H,23,26). The zero-order valence-electron chi connectivity index (χ0n) is 15.8. The maximum absolute atomic E-state index is 12.9. The minimum atomic E-state index is 0.0714. The highest BCUT2D eigenvalue weighted by Crippen LogP contribution is 2.55. The minimum Gasteiger partial charge on any atom is -0.354 e. The topological polar surface area (TPSA) is 48.5 Å². The molecule has 0 spiro atoms. The van der Waals surface area contributed by atoms with Crippen molar-refractivity contribution in [3.63, 3.8) is 0 Å². The molecule has 1 N–H and O–H groups in total. The van der Waals surface area contributed by atoms with Crippen LogP contribution in [-0.4, -0.2) is 54.6 Å². The number of likely N-dealkylation sites (N-methyl/N-ethyl adjacent to an activating group) is 1. The van der Waals surface area contributed by atoms with Crippen molar-refractivity contribution < 1.29 is 4.79 Å². The molecule has 4 bridgehead atoms. The van der Waals surface area contributed by atoms with Gasteiger partial charge in [-0.1, -0.05) is 0 Å². The molecular weight excluding hydrogens is 324 g/mol. The van der Waals surface area contributed by atoms with E-state index in [9.17, 15) is 4.79 Å². The van der Waals surface area contributed by atoms with Gasteiger partial charge < -0.3 is 15.1 Å². The van der Waals surface area contributed by atoms with Gasteiger partial charge in [0.25, 0.3) is 5.91 Å². The van der Waals surface area contributed by atoms with Gasteiger partial charge in [0, 0.05) is 37.9 Å². The molecular formula is C21H30N4O. The number of aromatic nitrogens is 1. The first-order valence-electron chi connectivity index (χ1n) is 10.3. The molecule has 1 aromatic rings. The summed E-state index contributed by atoms with van der Waals surface area (Å²) in [4.78, 5) is 22.1. The van der Waals surface area contributed by atoms with E-state index in [1.54, 1.807) is 6.20 Å². The molecule has 5 fully saturated rings. The predicted molar refractivity (Wildman–Crippen MR) is 102 cm³/mol. The molecule has 1 aromatic heterocycles. The Bertz CT molecular complexity index is 642. The van der Waals surface area contributed by atoms with Gasteiger partial charge in [0.15, 0.2) is 0 Å². The maximum atomic E-state index is 12.9. The van der Waals surface area contributed by atoms with Crippen LogP contribution >= 0.6 is 0 Å². The molecule has 6 rings (SSSR count). The lowest BCUT2D eigenvalue weighted by Crippen LogP contribution is -2.59. The van der Waals surface area contributed by atoms with Crippen LogP contribution in [-0.2, 0) is 0 Å². The van der Waals surface area contributed by atoms with Crippen molar-refractivity contribution in [3.8, 4) is 0 Å². The molecule has 26 heavy (non-hydrogen) atoms. The van der Waals surface area contributed by atoms with Crippen LogP contribution < -0.4 is 10.2 Å². The average molecular weight is 354 g/mol. The van der Waals surface area contributed by atoms with Crippen LogP contribution in [0.4, 0.5) is 5.82 Å². The number of nitrogens with zero attached hydrogens (tertiary/aromatic N) is 3. The lowest BCUT2D eigenvalue weighted by molar-refractivity contribution is -0.0167. The molecule has 5 nitrogen and oxygen atoms in total. The Morgan fingerprint density at radius 3 is 2.19 bits per heavy atom. The van der Waals surface area contributed by atoms with E-state index >= 15 is 0 Å². The molecule has 0 aromatic carbocycles. The highest BCUT2D eigenvalue weighted by Gasteiger charge is 2.51. The molecule has 4 aliphatic carbocycles. The van der Waals surface area contributed by atoms with E-state index in [1.807, 2.05) is 12.1 Å². The van der Waals surface area contributed by atoms with E-state index in [4.69, 9.17) is 0 Å². The first-order valence-corrected chi connectivity index (χ1v) is 10.3. The second-order valence-corrected chi connectivity index (χ2v) is 9.35. The molecule has 0 radical (unpaired) electrons. The Kier molecular flexibility index (Phi) is 3.96. The molecule has 0 unspecified atom stereocenters. The van der Waals surface area contributed by atoms with Crippen LogP contribution in [0.2, 0.25) is 0 Å². The van der Waals surface area contributed by atoms with Crippen molar-refractivity contribution in [2.24, 2.45) is 17.8 Å². The molecule has 1 aliphatic heterocycles. The second-order valence-electron chi connectivity index (χ2n) is 9.35. The van der Waals surface area contributed by atoms with Crippen molar-refractivity contribution in [3.05, 3.63) is 23.9 Å². The van der Waals surface area contributed by atoms with Crippen LogP contribution in [0.3, 0.4) is 0 Å². The lowest BCUT2D eigenvalue weighted by atomic mass is 9.53. The Morgan fingerprint density at radius 2 is 1.65 bits per heavy atom. The Hall–Kier alpha value is -1.62. The molecule has 5 aliphatic rings. The zero-order chi connectivity index (χ0) is 17.7. The van der Waals surface area contributed by atoms with Gasteiger partial charge in [0.1, 0.15) is 5.82 Å². The first-order chi connectivity index (χ1) is 12.6. The van der Waals surface area contributed by atoms with E-state index < -0.39 is 0 Å². The van der Waals surface area contributed by atoms with Crippen LogP contribution in [0.5, 0.6) is 0 Å². The molecule has 2 heterocycles. The zero-order valence-corrected chi connectivity index (χ0v) is 15.8. The van der Waals surface area contributed by atoms with Gasteiger partial charge in [-0.2, -0.15) is 0 Å². The molecule has 1 saturated heterocycles. The fraction of sp³-hybridized carbons (Fsp3) is 0.714. The number of hydrogen-bond donors (Lipinski definition) is 1. The molecule has 0 atom stereocenters. The molecule has 1 amide bonds. The van der Waals surface area contributed by atoms with E-state index in [-0.39, 0.29) is 11.4 Å². The number of nitrogens with one attached hydrogen (secondary N) is 1. The molecule has 140 valence electrons. The highest BCUT2D eigenvalue weighted by atomic mass is 16.1. The number of rotatable bonds is 3. The van der Waals surface area contributed by atoms with Gasteiger partial charge in [-0.3, -0.25) is 4.79 Å². The maximum Gasteiger partial charge on any atom is 0.253 e. The third kappa shape index (κ3) is 3.00. The summed E-state index contributed by atoms with van der Waals surface area (Å²) in [6.45, 7) is 4.14. The van der Waals surface area contributed by atoms with Gasteiger partial charge in [-0.05, 0) is 75.5 Å². The number of pyridine rings is 1. The monoisotopic (exact) mass is 354 g/mol. The lowest BCUT2D eigenvalue weighted by Gasteiger charge is -2.56. The van der Waals surface area contributed by atoms with Crippen molar-refractivity contribution in [1.29, 1.82) is 0 Å². The Morgan fingerprint density at radius 1 is 1.04 bits per heavy atom. The van der Waals surface area contributed by atoms with Crippen molar-refractivity contribution >= 4 is 11.7 Å². The predicted octanol–water partition coefficient (Wildman–Crippen LogP) is 2.53. The Labute approximate surface area is 156 Å². The summed E-state index contributed by atoms with van der Waals surface area (Å²) < 4.78 is 0. The van der Waals surface area contributed by atoms with E-state index in [0.717, 1.165) is 49.8 Å². The van der Waals surface area contributed by atoms with Crippen molar-refractivity contribution in [1.82, 2.24) is 15.2 Å². The molecule has 5 heteroatoms. The summed E-state index contributed by atoms with van der Waals surface area (Å²) in [5.41, 5.74) is 0.778. The van der Waals surface area contributed by atoms with Gasteiger partial charge in [0.05, 0.1) is 5.56 Å². The van der Waals surface area contributed by atoms with Gasteiger partial charge in [0.2, 0.25) is 0 Å². The largest absolute Gasteiger partial charge is 0.354 e. The van der Waals surface area contributed by atoms with Crippen molar-refractivity contribution in [2.75, 3.05) is 38.1 Å². The summed E-state index contributed by atoms with van der Waals surface area (Å²) in [5, 5.41) is 3.45. The van der Waals surface area contributed by atoms with E-state index in [0.29, 0.717) is 5.56 Å². The summed E-state index contributed by atoms with van der Waals surface area (Å²) in [7, 11) is 2.16. The number of carbonyl (C=O) groups is 1. The van der Waals surface area contributed by atoms with Crippen LogP contribution in [0.15, 0.2) is 18.3 Å². The fourth-order valence-corrected chi connectivity index (χ4v) is 6.32. The third-order valence-corrected chi connectivity index (χ3v) is 7.25. The van der Waals surface area contributed by atoms with Crippen LogP contribution in [0, 0.1) is 17.8 Å². The summed E-state index contributed by atoms with van der Waals surface area (Å²) in [6, 6.07) is 3.97. The Balaban J connectivity index is 1.26. The van der Waals surface area contributed by atoms with Crippen LogP contribution in [0.25, 0.3) is 0 Å². The quantitative estimate of drug-likeness (QED) is 0.906. The van der Waals surface area contributed by atoms with Gasteiger partial charge >= 0.3 is 0 Å². The normalized spacial score (nSPS) is 36.3. The number of carbonyl (C=O) groups excluding carboxylic acids is 1. The SMILES string of the molecule is CN1CCN(c2ccc(C(=O)NC34CC5CC(CC(C5)C3)C4)cn2)CC1. The number of hydrogen-bond acceptors (Lipinski definition) is 4. The fourth-order valence-electron chi connectivity index (χ4n) is 6.32.